The Morgan fingerprint density at radius 1 is 1.50 bits per heavy atom. The highest BCUT2D eigenvalue weighted by molar-refractivity contribution is 5.73. The number of carbonyl (C=O) groups is 1. The van der Waals surface area contributed by atoms with Gasteiger partial charge in [-0.2, -0.15) is 5.26 Å². The van der Waals surface area contributed by atoms with Gasteiger partial charge in [0.25, 0.3) is 0 Å². The van der Waals surface area contributed by atoms with E-state index in [-0.39, 0.29) is 12.3 Å². The summed E-state index contributed by atoms with van der Waals surface area (Å²) in [5.74, 6) is 0. The molecule has 0 heterocycles. The molecule has 0 aliphatic heterocycles. The molecule has 1 aromatic rings. The van der Waals surface area contributed by atoms with Crippen molar-refractivity contribution >= 4 is 12.2 Å². The quantitative estimate of drug-likeness (QED) is 0.788. The van der Waals surface area contributed by atoms with Gasteiger partial charge >= 0.3 is 6.09 Å². The van der Waals surface area contributed by atoms with Gasteiger partial charge in [0, 0.05) is 0 Å². The molecule has 4 heteroatoms. The second kappa shape index (κ2) is 6.25. The van der Waals surface area contributed by atoms with Crippen molar-refractivity contribution in [1.82, 2.24) is 5.32 Å². The third-order valence-electron chi connectivity index (χ3n) is 1.74. The topological polar surface area (TPSA) is 62.1 Å². The maximum absolute atomic E-state index is 11.1. The lowest BCUT2D eigenvalue weighted by molar-refractivity contribution is 0.155. The van der Waals surface area contributed by atoms with Crippen LogP contribution >= 0.6 is 0 Å². The zero-order valence-corrected chi connectivity index (χ0v) is 8.93. The van der Waals surface area contributed by atoms with Gasteiger partial charge in [-0.3, -0.25) is 5.32 Å². The molecular weight excluding hydrogens is 204 g/mol. The van der Waals surface area contributed by atoms with E-state index in [1.54, 1.807) is 13.0 Å². The number of nitriles is 1. The summed E-state index contributed by atoms with van der Waals surface area (Å²) in [5, 5.41) is 11.2. The standard InChI is InChI=1S/C12H12N2O2/c1-2-16-12(15)14-11(9-13)8-10-6-4-3-5-7-10/h3-8H,2H2,1H3,(H,14,15)/b11-8-. The Morgan fingerprint density at radius 3 is 2.75 bits per heavy atom. The van der Waals surface area contributed by atoms with Gasteiger partial charge in [-0.15, -0.1) is 0 Å². The maximum atomic E-state index is 11.1. The van der Waals surface area contributed by atoms with E-state index in [1.165, 1.54) is 0 Å². The summed E-state index contributed by atoms with van der Waals surface area (Å²) in [6.07, 6.45) is 0.961. The molecule has 0 aromatic heterocycles. The van der Waals surface area contributed by atoms with Crippen molar-refractivity contribution in [3.05, 3.63) is 41.6 Å². The molecule has 0 bridgehead atoms. The smallest absolute Gasteiger partial charge is 0.412 e. The minimum Gasteiger partial charge on any atom is -0.450 e. The monoisotopic (exact) mass is 216 g/mol. The lowest BCUT2D eigenvalue weighted by Crippen LogP contribution is -2.22. The fraction of sp³-hybridized carbons (Fsp3) is 0.167. The summed E-state index contributed by atoms with van der Waals surface area (Å²) in [5.41, 5.74) is 1.00. The van der Waals surface area contributed by atoms with Crippen LogP contribution in [-0.4, -0.2) is 12.7 Å². The van der Waals surface area contributed by atoms with Crippen LogP contribution in [0.1, 0.15) is 12.5 Å². The second-order valence-corrected chi connectivity index (χ2v) is 2.93. The number of benzene rings is 1. The number of allylic oxidation sites excluding steroid dienone is 1. The molecule has 0 saturated carbocycles. The summed E-state index contributed by atoms with van der Waals surface area (Å²) in [4.78, 5) is 11.1. The van der Waals surface area contributed by atoms with E-state index in [2.05, 4.69) is 10.1 Å². The van der Waals surface area contributed by atoms with E-state index in [1.807, 2.05) is 36.4 Å². The highest BCUT2D eigenvalue weighted by Gasteiger charge is 2.03. The van der Waals surface area contributed by atoms with Crippen LogP contribution in [0.5, 0.6) is 0 Å². The molecule has 0 atom stereocenters. The van der Waals surface area contributed by atoms with E-state index >= 15 is 0 Å². The Kier molecular flexibility index (Phi) is 4.61. The Bertz CT molecular complexity index is 418. The van der Waals surface area contributed by atoms with Gasteiger partial charge in [-0.1, -0.05) is 30.3 Å². The molecule has 82 valence electrons. The Morgan fingerprint density at radius 2 is 2.19 bits per heavy atom. The fourth-order valence-corrected chi connectivity index (χ4v) is 1.09. The van der Waals surface area contributed by atoms with Crippen molar-refractivity contribution in [3.8, 4) is 6.07 Å². The Labute approximate surface area is 94.1 Å². The summed E-state index contributed by atoms with van der Waals surface area (Å²) >= 11 is 0. The van der Waals surface area contributed by atoms with Gasteiger partial charge in [-0.05, 0) is 18.6 Å². The maximum Gasteiger partial charge on any atom is 0.412 e. The number of amides is 1. The first-order valence-electron chi connectivity index (χ1n) is 4.87. The Hall–Kier alpha value is -2.28. The van der Waals surface area contributed by atoms with Gasteiger partial charge in [0.15, 0.2) is 0 Å². The van der Waals surface area contributed by atoms with Crippen molar-refractivity contribution in [2.24, 2.45) is 0 Å². The van der Waals surface area contributed by atoms with Crippen molar-refractivity contribution < 1.29 is 9.53 Å². The first-order valence-corrected chi connectivity index (χ1v) is 4.87. The van der Waals surface area contributed by atoms with Crippen LogP contribution in [0.15, 0.2) is 36.0 Å². The molecule has 0 aliphatic carbocycles. The van der Waals surface area contributed by atoms with E-state index in [0.717, 1.165) is 5.56 Å². The highest BCUT2D eigenvalue weighted by atomic mass is 16.5. The number of hydrogen-bond donors (Lipinski definition) is 1. The lowest BCUT2D eigenvalue weighted by atomic mass is 10.2. The lowest BCUT2D eigenvalue weighted by Gasteiger charge is -2.02. The summed E-state index contributed by atoms with van der Waals surface area (Å²) in [6, 6.07) is 11.1. The van der Waals surface area contributed by atoms with E-state index < -0.39 is 6.09 Å². The fourth-order valence-electron chi connectivity index (χ4n) is 1.09. The van der Waals surface area contributed by atoms with Crippen LogP contribution in [-0.2, 0) is 4.74 Å². The van der Waals surface area contributed by atoms with E-state index in [9.17, 15) is 4.79 Å². The number of ether oxygens (including phenoxy) is 1. The molecule has 1 aromatic carbocycles. The highest BCUT2D eigenvalue weighted by Crippen LogP contribution is 2.04. The molecular formula is C12H12N2O2. The van der Waals surface area contributed by atoms with Gasteiger partial charge in [0.05, 0.1) is 6.61 Å². The van der Waals surface area contributed by atoms with Gasteiger partial charge in [0.1, 0.15) is 11.8 Å². The van der Waals surface area contributed by atoms with Crippen molar-refractivity contribution in [2.75, 3.05) is 6.61 Å². The van der Waals surface area contributed by atoms with Gasteiger partial charge < -0.3 is 4.74 Å². The van der Waals surface area contributed by atoms with Crippen molar-refractivity contribution in [1.29, 1.82) is 5.26 Å². The number of nitrogens with zero attached hydrogens (tertiary/aromatic N) is 1. The van der Waals surface area contributed by atoms with Crippen LogP contribution < -0.4 is 5.32 Å². The van der Waals surface area contributed by atoms with Crippen molar-refractivity contribution in [3.63, 3.8) is 0 Å². The van der Waals surface area contributed by atoms with Gasteiger partial charge in [0.2, 0.25) is 0 Å². The number of nitrogens with one attached hydrogen (secondary N) is 1. The SMILES string of the molecule is CCOC(=O)N/C(C#N)=C\c1ccccc1. The minimum atomic E-state index is -0.619. The molecule has 4 nitrogen and oxygen atoms in total. The molecule has 1 rings (SSSR count). The zero-order chi connectivity index (χ0) is 11.8. The normalized spacial score (nSPS) is 10.4. The molecule has 0 saturated heterocycles. The van der Waals surface area contributed by atoms with Crippen LogP contribution in [0.2, 0.25) is 0 Å². The molecule has 0 aliphatic rings. The molecule has 0 fully saturated rings. The van der Waals surface area contributed by atoms with Gasteiger partial charge in [-0.25, -0.2) is 4.79 Å². The molecule has 0 unspecified atom stereocenters. The average molecular weight is 216 g/mol. The van der Waals surface area contributed by atoms with Crippen LogP contribution in [0, 0.1) is 11.3 Å². The molecule has 1 N–H and O–H groups in total. The zero-order valence-electron chi connectivity index (χ0n) is 8.93. The first-order chi connectivity index (χ1) is 7.76. The summed E-state index contributed by atoms with van der Waals surface area (Å²) in [6.45, 7) is 1.97. The minimum absolute atomic E-state index is 0.157. The number of hydrogen-bond acceptors (Lipinski definition) is 3. The van der Waals surface area contributed by atoms with Crippen LogP contribution in [0.4, 0.5) is 4.79 Å². The number of rotatable bonds is 3. The largest absolute Gasteiger partial charge is 0.450 e. The summed E-state index contributed by atoms with van der Waals surface area (Å²) < 4.78 is 4.67. The van der Waals surface area contributed by atoms with Crippen LogP contribution in [0.3, 0.4) is 0 Å². The van der Waals surface area contributed by atoms with E-state index in [4.69, 9.17) is 5.26 Å². The molecule has 1 amide bonds. The van der Waals surface area contributed by atoms with Crippen LogP contribution in [0.25, 0.3) is 6.08 Å². The van der Waals surface area contributed by atoms with Crippen molar-refractivity contribution in [2.45, 2.75) is 6.92 Å². The summed E-state index contributed by atoms with van der Waals surface area (Å²) in [7, 11) is 0. The Balaban J connectivity index is 2.72. The average Bonchev–Trinajstić information content (AvgIpc) is 2.30. The predicted octanol–water partition coefficient (Wildman–Crippen LogP) is 2.30. The molecule has 16 heavy (non-hydrogen) atoms. The third kappa shape index (κ3) is 3.84. The second-order valence-electron chi connectivity index (χ2n) is 2.93. The predicted molar refractivity (Wildman–Crippen MR) is 60.2 cm³/mol. The number of alkyl carbamates (subject to hydrolysis) is 1. The number of carbonyl (C=O) groups excluding carboxylic acids is 1. The van der Waals surface area contributed by atoms with E-state index in [0.29, 0.717) is 0 Å². The molecule has 0 radical (unpaired) electrons. The first kappa shape index (κ1) is 11.8. The molecule has 0 spiro atoms. The third-order valence-corrected chi connectivity index (χ3v) is 1.74.